The van der Waals surface area contributed by atoms with Crippen LogP contribution in [0.15, 0.2) is 53.1 Å². The average molecular weight is 575 g/mol. The zero-order valence-electron chi connectivity index (χ0n) is 24.0. The van der Waals surface area contributed by atoms with Gasteiger partial charge in [0.15, 0.2) is 5.76 Å². The van der Waals surface area contributed by atoms with Crippen LogP contribution in [0.2, 0.25) is 0 Å². The number of oxazole rings is 1. The van der Waals surface area contributed by atoms with Gasteiger partial charge in [-0.15, -0.1) is 0 Å². The van der Waals surface area contributed by atoms with E-state index in [-0.39, 0.29) is 11.5 Å². The van der Waals surface area contributed by atoms with E-state index in [2.05, 4.69) is 35.4 Å². The smallest absolute Gasteiger partial charge is 0.337 e. The van der Waals surface area contributed by atoms with Crippen molar-refractivity contribution in [1.82, 2.24) is 19.9 Å². The third kappa shape index (κ3) is 6.61. The highest BCUT2D eigenvalue weighted by Gasteiger charge is 2.23. The number of anilines is 4. The molecule has 0 unspecified atom stereocenters. The van der Waals surface area contributed by atoms with Crippen LogP contribution < -0.4 is 15.5 Å². The summed E-state index contributed by atoms with van der Waals surface area (Å²) in [6, 6.07) is 12.8. The molecular weight excluding hydrogens is 538 g/mol. The standard InChI is InChI=1S/C30H35N7O5/c1-4-31-30-35-26(20-15-19(2)16-22(38)17-20)27(42-30)24-7-8-32-29(34-24)33-21-5-6-25(23(18-21)28(39)40)37-11-9-36(10-12-37)13-14-41-3/h5-8,15-18,38H,4,9-14H2,1-3H3,(H,31,35)(H,39,40)(H,32,33,34)/p+1. The number of hydrogen-bond acceptors (Lipinski definition) is 10. The molecule has 12 nitrogen and oxygen atoms in total. The molecule has 0 radical (unpaired) electrons. The van der Waals surface area contributed by atoms with Gasteiger partial charge in [-0.1, -0.05) is 0 Å². The van der Waals surface area contributed by atoms with E-state index in [1.54, 1.807) is 37.6 Å². The second-order valence-electron chi connectivity index (χ2n) is 10.1. The zero-order chi connectivity index (χ0) is 29.6. The second-order valence-corrected chi connectivity index (χ2v) is 10.1. The SMILES string of the molecule is CCNc1nc(-c2cc(C)cc([OH2+])c2)c(-c2ccnc(Nc3ccc(N4CCN(CCOC)CC4)c(C(=O)O)c3)n2)o1. The highest BCUT2D eigenvalue weighted by atomic mass is 16.5. The molecule has 1 aliphatic heterocycles. The summed E-state index contributed by atoms with van der Waals surface area (Å²) in [7, 11) is 1.69. The molecule has 42 heavy (non-hydrogen) atoms. The van der Waals surface area contributed by atoms with Gasteiger partial charge in [0.2, 0.25) is 5.95 Å². The minimum absolute atomic E-state index is 0.208. The van der Waals surface area contributed by atoms with E-state index in [4.69, 9.17) is 14.3 Å². The van der Waals surface area contributed by atoms with E-state index >= 15 is 0 Å². The molecule has 3 heterocycles. The fraction of sp³-hybridized carbons (Fsp3) is 0.333. The third-order valence-corrected chi connectivity index (χ3v) is 7.00. The summed E-state index contributed by atoms with van der Waals surface area (Å²) in [5.74, 6) is 0.0905. The number of benzene rings is 2. The van der Waals surface area contributed by atoms with Crippen molar-refractivity contribution in [3.63, 3.8) is 0 Å². The first-order valence-electron chi connectivity index (χ1n) is 13.9. The largest absolute Gasteiger partial charge is 0.593 e. The number of aromatic nitrogens is 3. The van der Waals surface area contributed by atoms with Gasteiger partial charge in [0.05, 0.1) is 17.9 Å². The van der Waals surface area contributed by atoms with Gasteiger partial charge in [0, 0.05) is 76.0 Å². The Labute approximate surface area is 244 Å². The molecule has 1 saturated heterocycles. The quantitative estimate of drug-likeness (QED) is 0.221. The maximum absolute atomic E-state index is 12.2. The van der Waals surface area contributed by atoms with Gasteiger partial charge in [-0.25, -0.2) is 14.8 Å². The van der Waals surface area contributed by atoms with Crippen LogP contribution >= 0.6 is 0 Å². The Morgan fingerprint density at radius 1 is 1.12 bits per heavy atom. The van der Waals surface area contributed by atoms with Crippen LogP contribution in [0.3, 0.4) is 0 Å². The molecule has 1 aliphatic rings. The molecule has 1 fully saturated rings. The predicted octanol–water partition coefficient (Wildman–Crippen LogP) is 4.19. The average Bonchev–Trinajstić information content (AvgIpc) is 3.40. The van der Waals surface area contributed by atoms with Crippen molar-refractivity contribution in [1.29, 1.82) is 0 Å². The Bertz CT molecular complexity index is 1530. The highest BCUT2D eigenvalue weighted by molar-refractivity contribution is 5.96. The lowest BCUT2D eigenvalue weighted by molar-refractivity contribution is 0.0697. The van der Waals surface area contributed by atoms with Crippen LogP contribution in [-0.4, -0.2) is 89.0 Å². The first-order valence-corrected chi connectivity index (χ1v) is 13.9. The number of carboxylic acids is 1. The monoisotopic (exact) mass is 574 g/mol. The minimum Gasteiger partial charge on any atom is -0.593 e. The molecule has 0 atom stereocenters. The minimum atomic E-state index is -1.00. The van der Waals surface area contributed by atoms with Crippen LogP contribution in [0.1, 0.15) is 22.8 Å². The van der Waals surface area contributed by atoms with Crippen LogP contribution in [0.25, 0.3) is 22.7 Å². The summed E-state index contributed by atoms with van der Waals surface area (Å²) >= 11 is 0. The van der Waals surface area contributed by atoms with Gasteiger partial charge in [-0.3, -0.25) is 4.90 Å². The van der Waals surface area contributed by atoms with Crippen molar-refractivity contribution in [2.75, 3.05) is 68.5 Å². The zero-order valence-corrected chi connectivity index (χ0v) is 24.0. The Morgan fingerprint density at radius 2 is 1.93 bits per heavy atom. The fourth-order valence-corrected chi connectivity index (χ4v) is 5.00. The first-order chi connectivity index (χ1) is 20.3. The molecule has 2 aromatic heterocycles. The first kappa shape index (κ1) is 28.8. The lowest BCUT2D eigenvalue weighted by atomic mass is 10.1. The topological polar surface area (TPSA) is 152 Å². The molecule has 0 saturated carbocycles. The lowest BCUT2D eigenvalue weighted by Crippen LogP contribution is -2.47. The van der Waals surface area contributed by atoms with E-state index in [0.29, 0.717) is 53.4 Å². The van der Waals surface area contributed by atoms with Gasteiger partial charge in [0.25, 0.3) is 11.8 Å². The molecular formula is C30H36N7O5+. The van der Waals surface area contributed by atoms with E-state index in [0.717, 1.165) is 43.9 Å². The number of hydrogen-bond donors (Lipinski definition) is 3. The molecule has 220 valence electrons. The summed E-state index contributed by atoms with van der Waals surface area (Å²) in [5.41, 5.74) is 4.18. The van der Waals surface area contributed by atoms with Crippen molar-refractivity contribution in [2.24, 2.45) is 0 Å². The summed E-state index contributed by atoms with van der Waals surface area (Å²) in [4.78, 5) is 30.3. The van der Waals surface area contributed by atoms with Gasteiger partial charge in [-0.2, -0.15) is 4.98 Å². The molecule has 0 bridgehead atoms. The number of methoxy groups -OCH3 is 1. The number of nitrogens with one attached hydrogen (secondary N) is 2. The number of aryl methyl sites for hydroxylation is 1. The Hall–Kier alpha value is -4.68. The van der Waals surface area contributed by atoms with E-state index in [1.165, 1.54) is 0 Å². The summed E-state index contributed by atoms with van der Waals surface area (Å²) < 4.78 is 11.2. The predicted molar refractivity (Wildman–Crippen MR) is 162 cm³/mol. The van der Waals surface area contributed by atoms with Crippen LogP contribution in [0.5, 0.6) is 5.75 Å². The normalized spacial score (nSPS) is 13.7. The number of carbonyl (C=O) groups is 1. The number of piperazine rings is 1. The molecule has 0 amide bonds. The van der Waals surface area contributed by atoms with Crippen LogP contribution in [0, 0.1) is 6.92 Å². The Balaban J connectivity index is 1.40. The van der Waals surface area contributed by atoms with Gasteiger partial charge in [-0.05, 0) is 49.7 Å². The summed E-state index contributed by atoms with van der Waals surface area (Å²) in [6.45, 7) is 9.19. The molecule has 2 aromatic carbocycles. The van der Waals surface area contributed by atoms with E-state index < -0.39 is 5.97 Å². The lowest BCUT2D eigenvalue weighted by Gasteiger charge is -2.36. The summed E-state index contributed by atoms with van der Waals surface area (Å²) in [5, 5.41) is 24.4. The maximum Gasteiger partial charge on any atom is 0.337 e. The van der Waals surface area contributed by atoms with E-state index in [9.17, 15) is 9.90 Å². The molecule has 0 aliphatic carbocycles. The van der Waals surface area contributed by atoms with Crippen molar-refractivity contribution in [2.45, 2.75) is 13.8 Å². The molecule has 12 heteroatoms. The number of aromatic carboxylic acids is 1. The molecule has 0 spiro atoms. The van der Waals surface area contributed by atoms with Gasteiger partial charge in [0.1, 0.15) is 11.4 Å². The van der Waals surface area contributed by atoms with Crippen LogP contribution in [-0.2, 0) is 4.74 Å². The third-order valence-electron chi connectivity index (χ3n) is 7.00. The molecule has 5 rings (SSSR count). The van der Waals surface area contributed by atoms with Crippen molar-refractivity contribution in [3.8, 4) is 28.5 Å². The van der Waals surface area contributed by atoms with Gasteiger partial charge >= 0.3 is 5.97 Å². The van der Waals surface area contributed by atoms with E-state index in [1.807, 2.05) is 32.0 Å². The fourth-order valence-electron chi connectivity index (χ4n) is 5.00. The number of rotatable bonds is 11. The highest BCUT2D eigenvalue weighted by Crippen LogP contribution is 2.36. The van der Waals surface area contributed by atoms with Crippen molar-refractivity contribution < 1.29 is 24.2 Å². The second kappa shape index (κ2) is 12.9. The Kier molecular flexibility index (Phi) is 8.84. The Morgan fingerprint density at radius 3 is 2.64 bits per heavy atom. The molecule has 4 aromatic rings. The van der Waals surface area contributed by atoms with Gasteiger partial charge < -0.3 is 34.9 Å². The van der Waals surface area contributed by atoms with Crippen molar-refractivity contribution in [3.05, 3.63) is 59.8 Å². The number of ether oxygens (including phenoxy) is 1. The summed E-state index contributed by atoms with van der Waals surface area (Å²) in [6.07, 6.45) is 1.60. The number of nitrogens with zero attached hydrogens (tertiary/aromatic N) is 5. The van der Waals surface area contributed by atoms with Crippen LogP contribution in [0.4, 0.5) is 23.3 Å². The molecule has 5 N–H and O–H groups in total. The number of carboxylic acid groups (broad SMARTS) is 1. The maximum atomic E-state index is 12.2. The van der Waals surface area contributed by atoms with Crippen molar-refractivity contribution >= 4 is 29.3 Å².